The predicted octanol–water partition coefficient (Wildman–Crippen LogP) is 0.593. The average Bonchev–Trinajstić information content (AvgIpc) is 2.47. The van der Waals surface area contributed by atoms with Crippen molar-refractivity contribution in [3.05, 3.63) is 54.6 Å². The molecule has 0 N–H and O–H groups in total. The molecular weight excluding hydrogens is 319 g/mol. The van der Waals surface area contributed by atoms with Gasteiger partial charge in [-0.3, -0.25) is 0 Å². The van der Waals surface area contributed by atoms with Crippen LogP contribution in [0.5, 0.6) is 11.5 Å². The minimum absolute atomic E-state index is 0. The second-order valence-electron chi connectivity index (χ2n) is 4.48. The van der Waals surface area contributed by atoms with Gasteiger partial charge in [0.2, 0.25) is 0 Å². The van der Waals surface area contributed by atoms with Crippen LogP contribution in [-0.4, -0.2) is 20.2 Å². The third kappa shape index (κ3) is 6.34. The van der Waals surface area contributed by atoms with Crippen molar-refractivity contribution in [2.45, 2.75) is 6.42 Å². The van der Waals surface area contributed by atoms with Gasteiger partial charge in [0.15, 0.2) is 0 Å². The molecule has 0 atom stereocenters. The fourth-order valence-electron chi connectivity index (χ4n) is 1.83. The van der Waals surface area contributed by atoms with Crippen LogP contribution in [0.15, 0.2) is 54.6 Å². The van der Waals surface area contributed by atoms with Crippen LogP contribution in [0.25, 0.3) is 0 Å². The number of hydrogen-bond donors (Lipinski definition) is 0. The van der Waals surface area contributed by atoms with Gasteiger partial charge in [-0.15, -0.1) is 0 Å². The Balaban J connectivity index is 0.00000242. The SMILES string of the molecule is F[B-](F)(F)c1ccccc1OCCCOc1ccccc1.[K+]. The zero-order valence-corrected chi connectivity index (χ0v) is 15.5. The molecule has 0 aliphatic carbocycles. The fourth-order valence-corrected chi connectivity index (χ4v) is 1.83. The first-order valence-electron chi connectivity index (χ1n) is 6.67. The molecule has 0 fully saturated rings. The van der Waals surface area contributed by atoms with Crippen LogP contribution in [-0.2, 0) is 0 Å². The van der Waals surface area contributed by atoms with Crippen LogP contribution >= 0.6 is 0 Å². The van der Waals surface area contributed by atoms with Crippen LogP contribution in [0.1, 0.15) is 6.42 Å². The summed E-state index contributed by atoms with van der Waals surface area (Å²) in [5, 5.41) is 0. The monoisotopic (exact) mass is 334 g/mol. The van der Waals surface area contributed by atoms with Crippen molar-refractivity contribution in [2.75, 3.05) is 13.2 Å². The summed E-state index contributed by atoms with van der Waals surface area (Å²) in [7, 11) is 0. The molecule has 7 heteroatoms. The summed E-state index contributed by atoms with van der Waals surface area (Å²) in [5.41, 5.74) is -0.693. The summed E-state index contributed by atoms with van der Waals surface area (Å²) < 4.78 is 49.1. The molecule has 0 radical (unpaired) electrons. The molecule has 0 saturated carbocycles. The first-order chi connectivity index (χ1) is 10.1. The average molecular weight is 334 g/mol. The molecule has 112 valence electrons. The third-order valence-corrected chi connectivity index (χ3v) is 2.83. The zero-order valence-electron chi connectivity index (χ0n) is 12.3. The van der Waals surface area contributed by atoms with E-state index >= 15 is 0 Å². The molecule has 0 saturated heterocycles. The summed E-state index contributed by atoms with van der Waals surface area (Å²) in [6.45, 7) is -4.49. The first kappa shape index (κ1) is 19.6. The molecule has 0 aliphatic rings. The van der Waals surface area contributed by atoms with Gasteiger partial charge < -0.3 is 22.4 Å². The molecular formula is C15H15BF3KO2. The molecule has 2 rings (SSSR count). The summed E-state index contributed by atoms with van der Waals surface area (Å²) in [6.07, 6.45) is 0.508. The Morgan fingerprint density at radius 3 is 2.05 bits per heavy atom. The quantitative estimate of drug-likeness (QED) is 0.545. The predicted molar refractivity (Wildman–Crippen MR) is 77.2 cm³/mol. The summed E-state index contributed by atoms with van der Waals surface area (Å²) >= 11 is 0. The van der Waals surface area contributed by atoms with Crippen molar-refractivity contribution < 1.29 is 73.8 Å². The Morgan fingerprint density at radius 2 is 1.36 bits per heavy atom. The van der Waals surface area contributed by atoms with Crippen molar-refractivity contribution in [3.63, 3.8) is 0 Å². The van der Waals surface area contributed by atoms with Gasteiger partial charge in [-0.1, -0.05) is 41.9 Å². The van der Waals surface area contributed by atoms with E-state index in [1.165, 1.54) is 18.2 Å². The van der Waals surface area contributed by atoms with E-state index < -0.39 is 12.4 Å². The van der Waals surface area contributed by atoms with Gasteiger partial charge in [0.1, 0.15) is 5.75 Å². The molecule has 2 aromatic carbocycles. The summed E-state index contributed by atoms with van der Waals surface area (Å²) in [5.74, 6) is 0.612. The molecule has 0 heterocycles. The number of ether oxygens (including phenoxy) is 2. The first-order valence-corrected chi connectivity index (χ1v) is 6.67. The van der Waals surface area contributed by atoms with Crippen LogP contribution < -0.4 is 66.3 Å². The Labute approximate surface area is 170 Å². The second-order valence-corrected chi connectivity index (χ2v) is 4.48. The molecule has 0 amide bonds. The van der Waals surface area contributed by atoms with E-state index in [0.29, 0.717) is 13.0 Å². The van der Waals surface area contributed by atoms with Gasteiger partial charge in [-0.05, 0) is 18.2 Å². The molecule has 2 nitrogen and oxygen atoms in total. The third-order valence-electron chi connectivity index (χ3n) is 2.83. The Morgan fingerprint density at radius 1 is 0.773 bits per heavy atom. The topological polar surface area (TPSA) is 18.5 Å². The van der Waals surface area contributed by atoms with Gasteiger partial charge >= 0.3 is 58.4 Å². The Bertz CT molecular complexity index is 564. The molecule has 0 spiro atoms. The molecule has 0 bridgehead atoms. The number of benzene rings is 2. The normalized spacial score (nSPS) is 10.7. The van der Waals surface area contributed by atoms with Crippen LogP contribution in [0.2, 0.25) is 0 Å². The van der Waals surface area contributed by atoms with Gasteiger partial charge in [-0.2, -0.15) is 0 Å². The number of rotatable bonds is 7. The molecule has 0 aliphatic heterocycles. The van der Waals surface area contributed by atoms with Crippen LogP contribution in [0.4, 0.5) is 12.9 Å². The van der Waals surface area contributed by atoms with E-state index in [-0.39, 0.29) is 63.7 Å². The number of halogens is 3. The second kappa shape index (κ2) is 9.62. The molecule has 2 aromatic rings. The maximum Gasteiger partial charge on any atom is 1.00 e. The Hall–Kier alpha value is -0.469. The van der Waals surface area contributed by atoms with Gasteiger partial charge in [-0.25, -0.2) is 0 Å². The van der Waals surface area contributed by atoms with Crippen molar-refractivity contribution in [3.8, 4) is 11.5 Å². The van der Waals surface area contributed by atoms with Gasteiger partial charge in [0.25, 0.3) is 0 Å². The van der Waals surface area contributed by atoms with E-state index in [1.54, 1.807) is 0 Å². The summed E-state index contributed by atoms with van der Waals surface area (Å²) in [4.78, 5) is 0. The van der Waals surface area contributed by atoms with Gasteiger partial charge in [0, 0.05) is 6.42 Å². The van der Waals surface area contributed by atoms with Crippen LogP contribution in [0.3, 0.4) is 0 Å². The maximum absolute atomic E-state index is 12.8. The smallest absolute Gasteiger partial charge is 0.496 e. The fraction of sp³-hybridized carbons (Fsp3) is 0.200. The Kier molecular flexibility index (Phi) is 8.56. The van der Waals surface area contributed by atoms with Crippen LogP contribution in [0, 0.1) is 0 Å². The molecule has 22 heavy (non-hydrogen) atoms. The van der Waals surface area contributed by atoms with E-state index in [4.69, 9.17) is 9.47 Å². The zero-order chi connectivity index (χ0) is 15.1. The number of hydrogen-bond acceptors (Lipinski definition) is 2. The van der Waals surface area contributed by atoms with E-state index in [0.717, 1.165) is 11.8 Å². The minimum Gasteiger partial charge on any atom is -0.496 e. The van der Waals surface area contributed by atoms with Gasteiger partial charge in [0.05, 0.1) is 19.0 Å². The standard InChI is InChI=1S/C15H15BF3O2.K/c17-16(18,19)14-9-4-5-10-15(14)21-12-6-11-20-13-7-2-1-3-8-13;/h1-5,7-10H,6,11-12H2;/q-1;+1. The largest absolute Gasteiger partial charge is 1.00 e. The molecule has 0 aromatic heterocycles. The van der Waals surface area contributed by atoms with E-state index in [9.17, 15) is 12.9 Å². The minimum atomic E-state index is -5.06. The van der Waals surface area contributed by atoms with Crippen molar-refractivity contribution in [2.24, 2.45) is 0 Å². The molecule has 0 unspecified atom stereocenters. The summed E-state index contributed by atoms with van der Waals surface area (Å²) in [6, 6.07) is 14.5. The van der Waals surface area contributed by atoms with E-state index in [2.05, 4.69) is 0 Å². The maximum atomic E-state index is 12.8. The van der Waals surface area contributed by atoms with Crippen molar-refractivity contribution in [1.82, 2.24) is 0 Å². The van der Waals surface area contributed by atoms with E-state index in [1.807, 2.05) is 30.3 Å². The number of para-hydroxylation sites is 2. The van der Waals surface area contributed by atoms with Crippen molar-refractivity contribution >= 4 is 12.4 Å². The van der Waals surface area contributed by atoms with Crippen molar-refractivity contribution in [1.29, 1.82) is 0 Å².